The van der Waals surface area contributed by atoms with Gasteiger partial charge in [0.05, 0.1) is 16.5 Å². The molecule has 124 valence electrons. The third kappa shape index (κ3) is 3.80. The van der Waals surface area contributed by atoms with Crippen LogP contribution in [-0.2, 0) is 10.0 Å². The molecule has 0 radical (unpaired) electrons. The number of nitrogens with two attached hydrogens (primary N) is 1. The number of sulfonamides is 1. The molecule has 0 spiro atoms. The third-order valence-electron chi connectivity index (χ3n) is 3.86. The van der Waals surface area contributed by atoms with Crippen LogP contribution in [0.4, 0.5) is 0 Å². The van der Waals surface area contributed by atoms with Gasteiger partial charge in [-0.15, -0.1) is 11.3 Å². The zero-order chi connectivity index (χ0) is 17.4. The molecule has 1 heterocycles. The molecule has 23 heavy (non-hydrogen) atoms. The summed E-state index contributed by atoms with van der Waals surface area (Å²) < 4.78 is 22.6. The van der Waals surface area contributed by atoms with E-state index in [1.54, 1.807) is 35.4 Å². The van der Waals surface area contributed by atoms with Gasteiger partial charge in [0.25, 0.3) is 5.91 Å². The van der Waals surface area contributed by atoms with Gasteiger partial charge in [-0.2, -0.15) is 0 Å². The molecule has 1 aromatic carbocycles. The summed E-state index contributed by atoms with van der Waals surface area (Å²) >= 11 is 1.60. The first kappa shape index (κ1) is 17.7. The molecule has 2 aromatic rings. The highest BCUT2D eigenvalue weighted by Gasteiger charge is 2.22. The summed E-state index contributed by atoms with van der Waals surface area (Å²) in [4.78, 5) is 16.4. The van der Waals surface area contributed by atoms with Crippen molar-refractivity contribution in [3.05, 3.63) is 51.2 Å². The van der Waals surface area contributed by atoms with E-state index >= 15 is 0 Å². The van der Waals surface area contributed by atoms with E-state index in [4.69, 9.17) is 5.14 Å². The second-order valence-corrected chi connectivity index (χ2v) is 8.55. The molecule has 0 aliphatic rings. The molecule has 0 saturated carbocycles. The molecule has 1 unspecified atom stereocenters. The topological polar surface area (TPSA) is 80.5 Å². The number of thiophene rings is 1. The summed E-state index contributed by atoms with van der Waals surface area (Å²) in [5.41, 5.74) is 1.56. The Kier molecular flexibility index (Phi) is 4.93. The number of hydrogen-bond acceptors (Lipinski definition) is 4. The Hall–Kier alpha value is -1.70. The molecule has 5 nitrogen and oxygen atoms in total. The summed E-state index contributed by atoms with van der Waals surface area (Å²) in [6.07, 6.45) is 0. The van der Waals surface area contributed by atoms with Crippen molar-refractivity contribution in [2.45, 2.75) is 31.7 Å². The minimum absolute atomic E-state index is 0.0464. The third-order valence-corrected chi connectivity index (χ3v) is 5.76. The molecular weight excluding hydrogens is 332 g/mol. The normalized spacial score (nSPS) is 12.9. The van der Waals surface area contributed by atoms with Crippen molar-refractivity contribution in [1.82, 2.24) is 4.90 Å². The van der Waals surface area contributed by atoms with Crippen LogP contribution in [0.2, 0.25) is 0 Å². The van der Waals surface area contributed by atoms with E-state index in [1.165, 1.54) is 12.1 Å². The number of rotatable bonds is 4. The minimum Gasteiger partial charge on any atom is -0.335 e. The lowest BCUT2D eigenvalue weighted by Gasteiger charge is -2.25. The van der Waals surface area contributed by atoms with E-state index in [0.717, 1.165) is 15.3 Å². The van der Waals surface area contributed by atoms with Gasteiger partial charge in [0.1, 0.15) is 0 Å². The van der Waals surface area contributed by atoms with Crippen molar-refractivity contribution >= 4 is 27.3 Å². The van der Waals surface area contributed by atoms with Crippen LogP contribution in [0.3, 0.4) is 0 Å². The Bertz CT molecular complexity index is 824. The number of amides is 1. The van der Waals surface area contributed by atoms with Crippen LogP contribution < -0.4 is 5.14 Å². The molecule has 1 aromatic heterocycles. The molecule has 0 bridgehead atoms. The van der Waals surface area contributed by atoms with Gasteiger partial charge < -0.3 is 4.90 Å². The predicted molar refractivity (Wildman–Crippen MR) is 92.1 cm³/mol. The summed E-state index contributed by atoms with van der Waals surface area (Å²) in [7, 11) is -1.96. The van der Waals surface area contributed by atoms with E-state index < -0.39 is 10.0 Å². The van der Waals surface area contributed by atoms with Gasteiger partial charge >= 0.3 is 0 Å². The quantitative estimate of drug-likeness (QED) is 0.919. The second kappa shape index (κ2) is 6.43. The number of carbonyl (C=O) groups excluding carboxylic acids is 1. The summed E-state index contributed by atoms with van der Waals surface area (Å²) in [5, 5.41) is 5.09. The molecule has 2 N–H and O–H groups in total. The van der Waals surface area contributed by atoms with E-state index in [2.05, 4.69) is 0 Å². The first-order valence-electron chi connectivity index (χ1n) is 7.08. The lowest BCUT2D eigenvalue weighted by atomic mass is 10.1. The van der Waals surface area contributed by atoms with E-state index in [9.17, 15) is 13.2 Å². The van der Waals surface area contributed by atoms with E-state index in [0.29, 0.717) is 5.56 Å². The number of benzene rings is 1. The number of aryl methyl sites for hydroxylation is 2. The molecule has 1 amide bonds. The number of nitrogens with zero attached hydrogens (tertiary/aromatic N) is 1. The highest BCUT2D eigenvalue weighted by atomic mass is 32.2. The van der Waals surface area contributed by atoms with Crippen LogP contribution in [0.5, 0.6) is 0 Å². The molecule has 0 saturated heterocycles. The predicted octanol–water partition coefficient (Wildman–Crippen LogP) is 2.85. The van der Waals surface area contributed by atoms with Gasteiger partial charge in [-0.05, 0) is 44.5 Å². The molecule has 7 heteroatoms. The average Bonchev–Trinajstić information content (AvgIpc) is 2.83. The standard InChI is InChI=1S/C16H20N2O3S2/c1-10-9-15(12(3)22-10)16(19)18(4)11(2)13-5-7-14(8-6-13)23(17,20)21/h5-9,11H,1-4H3,(H2,17,20,21). The van der Waals surface area contributed by atoms with E-state index in [1.807, 2.05) is 26.8 Å². The molecule has 0 aliphatic heterocycles. The fourth-order valence-corrected chi connectivity index (χ4v) is 3.80. The largest absolute Gasteiger partial charge is 0.335 e. The van der Waals surface area contributed by atoms with Crippen LogP contribution in [-0.4, -0.2) is 26.3 Å². The zero-order valence-corrected chi connectivity index (χ0v) is 15.2. The van der Waals surface area contributed by atoms with Crippen molar-refractivity contribution in [2.75, 3.05) is 7.05 Å². The first-order valence-corrected chi connectivity index (χ1v) is 9.44. The molecule has 1 atom stereocenters. The van der Waals surface area contributed by atoms with Crippen molar-refractivity contribution < 1.29 is 13.2 Å². The van der Waals surface area contributed by atoms with Crippen LogP contribution in [0.15, 0.2) is 35.2 Å². The van der Waals surface area contributed by atoms with Gasteiger partial charge in [0, 0.05) is 16.8 Å². The van der Waals surface area contributed by atoms with Crippen LogP contribution >= 0.6 is 11.3 Å². The van der Waals surface area contributed by atoms with Gasteiger partial charge in [0.2, 0.25) is 10.0 Å². The van der Waals surface area contributed by atoms with Crippen LogP contribution in [0.1, 0.15) is 38.6 Å². The fraction of sp³-hybridized carbons (Fsp3) is 0.312. The Morgan fingerprint density at radius 1 is 1.22 bits per heavy atom. The Morgan fingerprint density at radius 2 is 1.78 bits per heavy atom. The maximum absolute atomic E-state index is 12.6. The number of carbonyl (C=O) groups is 1. The highest BCUT2D eigenvalue weighted by molar-refractivity contribution is 7.89. The van der Waals surface area contributed by atoms with Crippen molar-refractivity contribution in [2.24, 2.45) is 5.14 Å². The Balaban J connectivity index is 2.24. The fourth-order valence-electron chi connectivity index (χ4n) is 2.37. The van der Waals surface area contributed by atoms with E-state index in [-0.39, 0.29) is 16.8 Å². The van der Waals surface area contributed by atoms with Gasteiger partial charge in [0.15, 0.2) is 0 Å². The monoisotopic (exact) mass is 352 g/mol. The number of primary sulfonamides is 1. The van der Waals surface area contributed by atoms with Gasteiger partial charge in [-0.25, -0.2) is 13.6 Å². The summed E-state index contributed by atoms with van der Waals surface area (Å²) in [6.45, 7) is 5.81. The van der Waals surface area contributed by atoms with Crippen LogP contribution in [0.25, 0.3) is 0 Å². The summed E-state index contributed by atoms with van der Waals surface area (Å²) in [6, 6.07) is 7.99. The Labute approximate surface area is 140 Å². The maximum Gasteiger partial charge on any atom is 0.255 e. The first-order chi connectivity index (χ1) is 10.6. The summed E-state index contributed by atoms with van der Waals surface area (Å²) in [5.74, 6) is -0.0464. The smallest absolute Gasteiger partial charge is 0.255 e. The van der Waals surface area contributed by atoms with Crippen LogP contribution in [0, 0.1) is 13.8 Å². The zero-order valence-electron chi connectivity index (χ0n) is 13.5. The van der Waals surface area contributed by atoms with Gasteiger partial charge in [-0.1, -0.05) is 12.1 Å². The highest BCUT2D eigenvalue weighted by Crippen LogP contribution is 2.26. The van der Waals surface area contributed by atoms with Crippen molar-refractivity contribution in [3.8, 4) is 0 Å². The SMILES string of the molecule is Cc1cc(C(=O)N(C)C(C)c2ccc(S(N)(=O)=O)cc2)c(C)s1. The number of hydrogen-bond donors (Lipinski definition) is 1. The molecule has 0 aliphatic carbocycles. The van der Waals surface area contributed by atoms with Crippen molar-refractivity contribution in [3.63, 3.8) is 0 Å². The van der Waals surface area contributed by atoms with Gasteiger partial charge in [-0.3, -0.25) is 4.79 Å². The Morgan fingerprint density at radius 3 is 2.22 bits per heavy atom. The second-order valence-electron chi connectivity index (χ2n) is 5.53. The minimum atomic E-state index is -3.71. The lowest BCUT2D eigenvalue weighted by molar-refractivity contribution is 0.0742. The molecule has 0 fully saturated rings. The average molecular weight is 352 g/mol. The molecule has 2 rings (SSSR count). The van der Waals surface area contributed by atoms with Crippen molar-refractivity contribution in [1.29, 1.82) is 0 Å². The maximum atomic E-state index is 12.6. The lowest BCUT2D eigenvalue weighted by Crippen LogP contribution is -2.29. The molecular formula is C16H20N2O3S2.